The number of hydrogen-bond acceptors (Lipinski definition) is 5. The lowest BCUT2D eigenvalue weighted by atomic mass is 10.2. The van der Waals surface area contributed by atoms with Crippen LogP contribution in [0.25, 0.3) is 17.1 Å². The van der Waals surface area contributed by atoms with Crippen molar-refractivity contribution in [2.75, 3.05) is 11.1 Å². The van der Waals surface area contributed by atoms with Gasteiger partial charge in [0.2, 0.25) is 5.91 Å². The van der Waals surface area contributed by atoms with Gasteiger partial charge in [-0.05, 0) is 48.5 Å². The molecule has 0 unspecified atom stereocenters. The first kappa shape index (κ1) is 22.8. The number of aromatic nitrogens is 3. The van der Waals surface area contributed by atoms with Crippen molar-refractivity contribution < 1.29 is 18.3 Å². The van der Waals surface area contributed by atoms with E-state index < -0.39 is 12.5 Å². The number of carbonyl (C=O) groups is 1. The predicted octanol–water partition coefficient (Wildman–Crippen LogP) is 5.92. The van der Waals surface area contributed by atoms with Gasteiger partial charge in [0.15, 0.2) is 11.0 Å². The summed E-state index contributed by atoms with van der Waals surface area (Å²) in [5.41, 5.74) is 1.80. The lowest BCUT2D eigenvalue weighted by Crippen LogP contribution is -2.16. The van der Waals surface area contributed by atoms with Crippen LogP contribution in [0, 0.1) is 0 Å². The molecule has 10 heteroatoms. The van der Waals surface area contributed by atoms with Gasteiger partial charge in [0, 0.05) is 16.3 Å². The predicted molar refractivity (Wildman–Crippen MR) is 124 cm³/mol. The Morgan fingerprint density at radius 2 is 1.70 bits per heavy atom. The summed E-state index contributed by atoms with van der Waals surface area (Å²) in [4.78, 5) is 12.5. The Morgan fingerprint density at radius 3 is 2.42 bits per heavy atom. The normalized spacial score (nSPS) is 10.9. The zero-order valence-electron chi connectivity index (χ0n) is 17.0. The molecule has 0 bridgehead atoms. The van der Waals surface area contributed by atoms with E-state index in [2.05, 4.69) is 20.3 Å². The number of ether oxygens (including phenoxy) is 1. The molecule has 33 heavy (non-hydrogen) atoms. The number of benzene rings is 3. The Labute approximate surface area is 197 Å². The lowest BCUT2D eigenvalue weighted by Gasteiger charge is -2.12. The van der Waals surface area contributed by atoms with Crippen molar-refractivity contribution in [1.29, 1.82) is 0 Å². The molecule has 0 atom stereocenters. The number of thioether (sulfide) groups is 1. The van der Waals surface area contributed by atoms with Gasteiger partial charge in [0.1, 0.15) is 5.75 Å². The topological polar surface area (TPSA) is 69.0 Å². The molecular formula is C23H17ClF2N4O2S. The van der Waals surface area contributed by atoms with Gasteiger partial charge in [-0.2, -0.15) is 8.78 Å². The third-order valence-electron chi connectivity index (χ3n) is 4.46. The first-order valence-electron chi connectivity index (χ1n) is 9.74. The van der Waals surface area contributed by atoms with Gasteiger partial charge < -0.3 is 10.1 Å². The van der Waals surface area contributed by atoms with Crippen LogP contribution in [0.4, 0.5) is 14.5 Å². The largest absolute Gasteiger partial charge is 0.433 e. The third-order valence-corrected chi connectivity index (χ3v) is 5.64. The van der Waals surface area contributed by atoms with Crippen LogP contribution in [0.1, 0.15) is 0 Å². The van der Waals surface area contributed by atoms with Gasteiger partial charge in [0.05, 0.1) is 11.4 Å². The maximum atomic E-state index is 12.6. The monoisotopic (exact) mass is 486 g/mol. The summed E-state index contributed by atoms with van der Waals surface area (Å²) in [5, 5.41) is 12.3. The zero-order valence-corrected chi connectivity index (χ0v) is 18.6. The molecule has 0 spiro atoms. The standard InChI is InChI=1S/C23H17ClF2N4O2S/c24-16-12-10-15(11-13-16)21-28-29-23(30(21)17-6-2-1-3-7-17)33-14-20(31)27-18-8-4-5-9-19(18)32-22(25)26/h1-13,22H,14H2,(H,27,31). The summed E-state index contributed by atoms with van der Waals surface area (Å²) < 4.78 is 31.5. The van der Waals surface area contributed by atoms with E-state index in [1.165, 1.54) is 23.9 Å². The summed E-state index contributed by atoms with van der Waals surface area (Å²) in [6.45, 7) is -2.99. The molecule has 4 rings (SSSR count). The van der Waals surface area contributed by atoms with Crippen LogP contribution in [-0.2, 0) is 4.79 Å². The van der Waals surface area contributed by atoms with Crippen molar-refractivity contribution in [3.05, 3.63) is 83.9 Å². The van der Waals surface area contributed by atoms with Crippen molar-refractivity contribution in [2.24, 2.45) is 0 Å². The van der Waals surface area contributed by atoms with Crippen LogP contribution < -0.4 is 10.1 Å². The number of rotatable bonds is 8. The molecule has 1 aromatic heterocycles. The van der Waals surface area contributed by atoms with Crippen molar-refractivity contribution >= 4 is 35.0 Å². The van der Waals surface area contributed by atoms with Gasteiger partial charge in [0.25, 0.3) is 0 Å². The van der Waals surface area contributed by atoms with Crippen molar-refractivity contribution in [3.8, 4) is 22.8 Å². The van der Waals surface area contributed by atoms with E-state index in [4.69, 9.17) is 11.6 Å². The third kappa shape index (κ3) is 5.68. The van der Waals surface area contributed by atoms with Gasteiger partial charge in [-0.3, -0.25) is 9.36 Å². The fourth-order valence-corrected chi connectivity index (χ4v) is 3.92. The van der Waals surface area contributed by atoms with Crippen LogP contribution in [0.3, 0.4) is 0 Å². The maximum Gasteiger partial charge on any atom is 0.387 e. The van der Waals surface area contributed by atoms with Gasteiger partial charge in [-0.1, -0.05) is 53.7 Å². The summed E-state index contributed by atoms with van der Waals surface area (Å²) in [6.07, 6.45) is 0. The minimum absolute atomic E-state index is 0.0192. The molecule has 0 aliphatic heterocycles. The smallest absolute Gasteiger partial charge is 0.387 e. The summed E-state index contributed by atoms with van der Waals surface area (Å²) in [5.74, 6) is 0.0648. The van der Waals surface area contributed by atoms with E-state index in [0.29, 0.717) is 16.0 Å². The molecule has 4 aromatic rings. The number of carbonyl (C=O) groups excluding carboxylic acids is 1. The summed E-state index contributed by atoms with van der Waals surface area (Å²) in [7, 11) is 0. The average Bonchev–Trinajstić information content (AvgIpc) is 3.24. The van der Waals surface area contributed by atoms with E-state index in [-0.39, 0.29) is 17.2 Å². The number of halogens is 3. The summed E-state index contributed by atoms with van der Waals surface area (Å²) in [6, 6.07) is 22.7. The average molecular weight is 487 g/mol. The quantitative estimate of drug-likeness (QED) is 0.313. The minimum Gasteiger partial charge on any atom is -0.433 e. The van der Waals surface area contributed by atoms with E-state index in [1.54, 1.807) is 24.3 Å². The summed E-state index contributed by atoms with van der Waals surface area (Å²) >= 11 is 7.18. The molecule has 6 nitrogen and oxygen atoms in total. The van der Waals surface area contributed by atoms with E-state index in [1.807, 2.05) is 47.0 Å². The van der Waals surface area contributed by atoms with E-state index in [0.717, 1.165) is 11.3 Å². The Morgan fingerprint density at radius 1 is 1.00 bits per heavy atom. The van der Waals surface area contributed by atoms with E-state index in [9.17, 15) is 13.6 Å². The molecule has 168 valence electrons. The van der Waals surface area contributed by atoms with Crippen LogP contribution in [0.2, 0.25) is 5.02 Å². The first-order valence-corrected chi connectivity index (χ1v) is 11.1. The zero-order chi connectivity index (χ0) is 23.2. The second-order valence-electron chi connectivity index (χ2n) is 6.70. The molecule has 1 N–H and O–H groups in total. The van der Waals surface area contributed by atoms with Gasteiger partial charge in [-0.15, -0.1) is 10.2 Å². The van der Waals surface area contributed by atoms with Crippen molar-refractivity contribution in [1.82, 2.24) is 14.8 Å². The number of alkyl halides is 2. The second-order valence-corrected chi connectivity index (χ2v) is 8.07. The molecule has 1 heterocycles. The Kier molecular flexibility index (Phi) is 7.21. The van der Waals surface area contributed by atoms with Crippen molar-refractivity contribution in [3.63, 3.8) is 0 Å². The molecule has 1 amide bonds. The molecular weight excluding hydrogens is 470 g/mol. The number of anilines is 1. The Hall–Kier alpha value is -3.43. The molecule has 0 radical (unpaired) electrons. The maximum absolute atomic E-state index is 12.6. The number of hydrogen-bond donors (Lipinski definition) is 1. The highest BCUT2D eigenvalue weighted by Gasteiger charge is 2.18. The molecule has 0 saturated carbocycles. The Balaban J connectivity index is 1.55. The number of nitrogens with zero attached hydrogens (tertiary/aromatic N) is 3. The SMILES string of the molecule is O=C(CSc1nnc(-c2ccc(Cl)cc2)n1-c1ccccc1)Nc1ccccc1OC(F)F. The fourth-order valence-electron chi connectivity index (χ4n) is 3.04. The van der Waals surface area contributed by atoms with Crippen molar-refractivity contribution in [2.45, 2.75) is 11.8 Å². The van der Waals surface area contributed by atoms with E-state index >= 15 is 0 Å². The van der Waals surface area contributed by atoms with Crippen LogP contribution >= 0.6 is 23.4 Å². The number of para-hydroxylation sites is 3. The first-order chi connectivity index (χ1) is 16.0. The molecule has 0 saturated heterocycles. The number of amides is 1. The minimum atomic E-state index is -2.99. The van der Waals surface area contributed by atoms with Crippen LogP contribution in [-0.4, -0.2) is 33.0 Å². The Bertz CT molecular complexity index is 1240. The highest BCUT2D eigenvalue weighted by Crippen LogP contribution is 2.30. The number of nitrogens with one attached hydrogen (secondary N) is 1. The second kappa shape index (κ2) is 10.5. The van der Waals surface area contributed by atoms with Gasteiger partial charge in [-0.25, -0.2) is 0 Å². The molecule has 0 aliphatic carbocycles. The molecule has 0 aliphatic rings. The lowest BCUT2D eigenvalue weighted by molar-refractivity contribution is -0.113. The van der Waals surface area contributed by atoms with Gasteiger partial charge >= 0.3 is 6.61 Å². The molecule has 3 aromatic carbocycles. The molecule has 0 fully saturated rings. The fraction of sp³-hybridized carbons (Fsp3) is 0.0870. The van der Waals surface area contributed by atoms with Crippen LogP contribution in [0.15, 0.2) is 84.0 Å². The van der Waals surface area contributed by atoms with Crippen LogP contribution in [0.5, 0.6) is 5.75 Å². The highest BCUT2D eigenvalue weighted by molar-refractivity contribution is 7.99. The highest BCUT2D eigenvalue weighted by atomic mass is 35.5.